The number of hydrogen-bond donors (Lipinski definition) is 1. The van der Waals surface area contributed by atoms with Gasteiger partial charge >= 0.3 is 5.97 Å². The van der Waals surface area contributed by atoms with Crippen molar-refractivity contribution in [3.8, 4) is 0 Å². The summed E-state index contributed by atoms with van der Waals surface area (Å²) in [5.41, 5.74) is 1.09. The molecule has 2 heterocycles. The van der Waals surface area contributed by atoms with Crippen molar-refractivity contribution >= 4 is 39.8 Å². The second kappa shape index (κ2) is 6.69. The number of amides is 1. The molecule has 0 aromatic carbocycles. The van der Waals surface area contributed by atoms with Crippen LogP contribution >= 0.6 is 22.9 Å². The number of thiophene rings is 1. The van der Waals surface area contributed by atoms with Crippen LogP contribution in [-0.2, 0) is 4.74 Å². The fraction of sp³-hybridized carbons (Fsp3) is 0.214. The summed E-state index contributed by atoms with van der Waals surface area (Å²) < 4.78 is 4.96. The highest BCUT2D eigenvalue weighted by Gasteiger charge is 2.17. The number of esters is 1. The van der Waals surface area contributed by atoms with Gasteiger partial charge in [0, 0.05) is 12.4 Å². The van der Waals surface area contributed by atoms with Gasteiger partial charge in [0.2, 0.25) is 0 Å². The van der Waals surface area contributed by atoms with E-state index in [1.54, 1.807) is 19.9 Å². The van der Waals surface area contributed by atoms with Gasteiger partial charge in [-0.05, 0) is 31.5 Å². The number of rotatable bonds is 4. The minimum absolute atomic E-state index is 0.272. The van der Waals surface area contributed by atoms with Crippen molar-refractivity contribution in [3.05, 3.63) is 45.6 Å². The monoisotopic (exact) mass is 324 g/mol. The lowest BCUT2D eigenvalue weighted by Gasteiger charge is -2.03. The van der Waals surface area contributed by atoms with Crippen molar-refractivity contribution < 1.29 is 14.3 Å². The van der Waals surface area contributed by atoms with E-state index in [0.717, 1.165) is 5.56 Å². The van der Waals surface area contributed by atoms with Gasteiger partial charge in [-0.1, -0.05) is 11.6 Å². The number of carbonyl (C=O) groups excluding carboxylic acids is 2. The maximum absolute atomic E-state index is 12.1. The third-order valence-electron chi connectivity index (χ3n) is 2.63. The highest BCUT2D eigenvalue weighted by molar-refractivity contribution is 7.18. The zero-order valence-corrected chi connectivity index (χ0v) is 13.0. The van der Waals surface area contributed by atoms with E-state index in [0.29, 0.717) is 22.0 Å². The first-order chi connectivity index (χ1) is 10.0. The molecule has 2 aromatic rings. The number of hydrogen-bond acceptors (Lipinski definition) is 5. The van der Waals surface area contributed by atoms with Gasteiger partial charge < -0.3 is 10.1 Å². The molecule has 1 amide bonds. The Labute approximate surface area is 130 Å². The Bertz CT molecular complexity index is 685. The predicted molar refractivity (Wildman–Crippen MR) is 82.2 cm³/mol. The zero-order chi connectivity index (χ0) is 15.4. The zero-order valence-electron chi connectivity index (χ0n) is 11.5. The number of pyridine rings is 1. The number of carbonyl (C=O) groups is 2. The molecule has 0 fully saturated rings. The molecule has 110 valence electrons. The van der Waals surface area contributed by atoms with Crippen LogP contribution in [0.5, 0.6) is 0 Å². The summed E-state index contributed by atoms with van der Waals surface area (Å²) in [6.45, 7) is 3.84. The minimum Gasteiger partial charge on any atom is -0.462 e. The first-order valence-corrected chi connectivity index (χ1v) is 7.40. The summed E-state index contributed by atoms with van der Waals surface area (Å²) in [7, 11) is 0. The largest absolute Gasteiger partial charge is 0.462 e. The van der Waals surface area contributed by atoms with E-state index in [9.17, 15) is 9.59 Å². The third kappa shape index (κ3) is 3.59. The highest BCUT2D eigenvalue weighted by atomic mass is 35.5. The molecule has 0 aliphatic carbocycles. The standard InChI is InChI=1S/C14H13ClN2O3S/c1-3-20-14(19)12-8(2)6-11(21-12)17-13(18)9-4-5-16-7-10(9)15/h4-7H,3H2,1-2H3,(H,17,18). The molecule has 0 unspecified atom stereocenters. The first-order valence-electron chi connectivity index (χ1n) is 6.21. The molecule has 0 spiro atoms. The van der Waals surface area contributed by atoms with Gasteiger partial charge in [-0.3, -0.25) is 9.78 Å². The molecule has 2 aromatic heterocycles. The Hall–Kier alpha value is -1.92. The summed E-state index contributed by atoms with van der Waals surface area (Å²) in [6.07, 6.45) is 2.89. The van der Waals surface area contributed by atoms with Crippen LogP contribution in [0.15, 0.2) is 24.5 Å². The molecular weight excluding hydrogens is 312 g/mol. The van der Waals surface area contributed by atoms with Gasteiger partial charge in [-0.15, -0.1) is 11.3 Å². The van der Waals surface area contributed by atoms with Crippen molar-refractivity contribution in [2.45, 2.75) is 13.8 Å². The van der Waals surface area contributed by atoms with E-state index in [1.807, 2.05) is 0 Å². The number of anilines is 1. The predicted octanol–water partition coefficient (Wildman–Crippen LogP) is 3.53. The molecule has 0 saturated carbocycles. The van der Waals surface area contributed by atoms with Gasteiger partial charge in [-0.2, -0.15) is 0 Å². The molecule has 2 rings (SSSR count). The van der Waals surface area contributed by atoms with Crippen LogP contribution in [0.2, 0.25) is 5.02 Å². The third-order valence-corrected chi connectivity index (χ3v) is 4.07. The van der Waals surface area contributed by atoms with Crippen molar-refractivity contribution in [1.29, 1.82) is 0 Å². The van der Waals surface area contributed by atoms with Crippen LogP contribution in [0, 0.1) is 6.92 Å². The lowest BCUT2D eigenvalue weighted by Crippen LogP contribution is -2.11. The summed E-state index contributed by atoms with van der Waals surface area (Å²) in [6, 6.07) is 3.26. The van der Waals surface area contributed by atoms with Crippen molar-refractivity contribution in [1.82, 2.24) is 4.98 Å². The average Bonchev–Trinajstić information content (AvgIpc) is 2.80. The van der Waals surface area contributed by atoms with Crippen LogP contribution in [0.4, 0.5) is 5.00 Å². The molecule has 0 radical (unpaired) electrons. The number of nitrogens with zero attached hydrogens (tertiary/aromatic N) is 1. The fourth-order valence-electron chi connectivity index (χ4n) is 1.68. The summed E-state index contributed by atoms with van der Waals surface area (Å²) in [5.74, 6) is -0.735. The Morgan fingerprint density at radius 3 is 2.90 bits per heavy atom. The second-order valence-corrected chi connectivity index (χ2v) is 5.61. The molecule has 0 saturated heterocycles. The Kier molecular flexibility index (Phi) is 4.93. The number of nitrogens with one attached hydrogen (secondary N) is 1. The highest BCUT2D eigenvalue weighted by Crippen LogP contribution is 2.28. The van der Waals surface area contributed by atoms with Crippen LogP contribution in [0.1, 0.15) is 32.5 Å². The topological polar surface area (TPSA) is 68.3 Å². The molecule has 21 heavy (non-hydrogen) atoms. The molecule has 0 aliphatic heterocycles. The Morgan fingerprint density at radius 2 is 2.24 bits per heavy atom. The molecule has 7 heteroatoms. The molecule has 5 nitrogen and oxygen atoms in total. The van der Waals surface area contributed by atoms with Crippen LogP contribution in [0.3, 0.4) is 0 Å². The van der Waals surface area contributed by atoms with E-state index in [1.165, 1.54) is 29.8 Å². The number of aromatic nitrogens is 1. The van der Waals surface area contributed by atoms with Gasteiger partial charge in [0.1, 0.15) is 4.88 Å². The van der Waals surface area contributed by atoms with E-state index < -0.39 is 0 Å². The van der Waals surface area contributed by atoms with Crippen molar-refractivity contribution in [2.75, 3.05) is 11.9 Å². The van der Waals surface area contributed by atoms with Gasteiger partial charge in [0.05, 0.1) is 22.2 Å². The Morgan fingerprint density at radius 1 is 1.48 bits per heavy atom. The van der Waals surface area contributed by atoms with Gasteiger partial charge in [0.25, 0.3) is 5.91 Å². The summed E-state index contributed by atoms with van der Waals surface area (Å²) in [4.78, 5) is 28.2. The van der Waals surface area contributed by atoms with Crippen LogP contribution in [0.25, 0.3) is 0 Å². The SMILES string of the molecule is CCOC(=O)c1sc(NC(=O)c2ccncc2Cl)cc1C. The quantitative estimate of drug-likeness (QED) is 0.873. The molecule has 1 N–H and O–H groups in total. The molecule has 0 atom stereocenters. The van der Waals surface area contributed by atoms with Crippen LogP contribution < -0.4 is 5.32 Å². The minimum atomic E-state index is -0.387. The number of aryl methyl sites for hydroxylation is 1. The average molecular weight is 325 g/mol. The van der Waals surface area contributed by atoms with Gasteiger partial charge in [0.15, 0.2) is 0 Å². The van der Waals surface area contributed by atoms with E-state index in [2.05, 4.69) is 10.3 Å². The molecular formula is C14H13ClN2O3S. The lowest BCUT2D eigenvalue weighted by molar-refractivity contribution is 0.0531. The molecule has 0 aliphatic rings. The van der Waals surface area contributed by atoms with Crippen LogP contribution in [-0.4, -0.2) is 23.5 Å². The summed E-state index contributed by atoms with van der Waals surface area (Å²) >= 11 is 7.09. The smallest absolute Gasteiger partial charge is 0.348 e. The van der Waals surface area contributed by atoms with Crippen molar-refractivity contribution in [3.63, 3.8) is 0 Å². The molecule has 0 bridgehead atoms. The first kappa shape index (κ1) is 15.5. The lowest BCUT2D eigenvalue weighted by atomic mass is 10.2. The number of halogens is 1. The Balaban J connectivity index is 2.17. The maximum Gasteiger partial charge on any atom is 0.348 e. The normalized spacial score (nSPS) is 10.2. The number of ether oxygens (including phenoxy) is 1. The van der Waals surface area contributed by atoms with Crippen molar-refractivity contribution in [2.24, 2.45) is 0 Å². The summed E-state index contributed by atoms with van der Waals surface area (Å²) in [5, 5.41) is 3.55. The second-order valence-electron chi connectivity index (χ2n) is 4.15. The van der Waals surface area contributed by atoms with E-state index in [-0.39, 0.29) is 16.9 Å². The maximum atomic E-state index is 12.1. The van der Waals surface area contributed by atoms with Gasteiger partial charge in [-0.25, -0.2) is 4.79 Å². The van der Waals surface area contributed by atoms with E-state index in [4.69, 9.17) is 16.3 Å². The van der Waals surface area contributed by atoms with E-state index >= 15 is 0 Å². The fourth-order valence-corrected chi connectivity index (χ4v) is 2.85.